The average molecular weight is 721 g/mol. The van der Waals surface area contributed by atoms with E-state index in [1.807, 2.05) is 60.7 Å². The van der Waals surface area contributed by atoms with Crippen LogP contribution in [-0.4, -0.2) is 96.8 Å². The first kappa shape index (κ1) is 38.6. The number of carbonyl (C=O) groups is 4. The van der Waals surface area contributed by atoms with E-state index in [1.54, 1.807) is 18.2 Å². The van der Waals surface area contributed by atoms with Crippen LogP contribution in [0.15, 0.2) is 91.0 Å². The molecule has 13 heteroatoms. The number of rotatable bonds is 15. The Morgan fingerprint density at radius 3 is 1.96 bits per heavy atom. The predicted molar refractivity (Wildman–Crippen MR) is 182 cm³/mol. The van der Waals surface area contributed by atoms with E-state index in [1.165, 1.54) is 12.1 Å². The van der Waals surface area contributed by atoms with Crippen LogP contribution in [0.1, 0.15) is 47.7 Å². The van der Waals surface area contributed by atoms with Gasteiger partial charge in [-0.3, -0.25) is 0 Å². The van der Waals surface area contributed by atoms with Crippen LogP contribution in [0.5, 0.6) is 0 Å². The van der Waals surface area contributed by atoms with Gasteiger partial charge < -0.3 is 43.4 Å². The van der Waals surface area contributed by atoms with Crippen molar-refractivity contribution in [2.24, 2.45) is 5.92 Å². The number of benzene rings is 3. The monoisotopic (exact) mass is 720 g/mol. The Labute approximate surface area is 301 Å². The van der Waals surface area contributed by atoms with Gasteiger partial charge in [-0.15, -0.1) is 0 Å². The molecule has 0 spiro atoms. The van der Waals surface area contributed by atoms with Gasteiger partial charge in [0.25, 0.3) is 5.60 Å². The molecule has 2 N–H and O–H groups in total. The number of aliphatic hydroxyl groups excluding tert-OH is 1. The van der Waals surface area contributed by atoms with E-state index >= 15 is 0 Å². The van der Waals surface area contributed by atoms with Gasteiger partial charge >= 0.3 is 23.9 Å². The van der Waals surface area contributed by atoms with Crippen molar-refractivity contribution in [2.45, 2.75) is 80.6 Å². The number of esters is 4. The minimum atomic E-state index is -3.37. The summed E-state index contributed by atoms with van der Waals surface area (Å²) in [6.07, 6.45) is -5.76. The molecule has 2 aliphatic rings. The molecule has 0 aliphatic carbocycles. The largest absolute Gasteiger partial charge is 0.467 e. The van der Waals surface area contributed by atoms with Gasteiger partial charge in [0.05, 0.1) is 39.6 Å². The van der Waals surface area contributed by atoms with Gasteiger partial charge in [-0.2, -0.15) is 0 Å². The van der Waals surface area contributed by atoms with Crippen LogP contribution in [0.25, 0.3) is 0 Å². The number of hydrogen-bond acceptors (Lipinski definition) is 13. The second kappa shape index (κ2) is 16.3. The Kier molecular flexibility index (Phi) is 12.1. The van der Waals surface area contributed by atoms with Gasteiger partial charge in [0.1, 0.15) is 6.10 Å². The second-order valence-electron chi connectivity index (χ2n) is 13.0. The molecule has 0 aromatic heterocycles. The molecule has 4 unspecified atom stereocenters. The lowest BCUT2D eigenvalue weighted by atomic mass is 9.74. The van der Waals surface area contributed by atoms with E-state index in [4.69, 9.17) is 33.2 Å². The fraction of sp³-hybridized carbons (Fsp3) is 0.436. The maximum Gasteiger partial charge on any atom is 0.346 e. The summed E-state index contributed by atoms with van der Waals surface area (Å²) in [7, 11) is 2.81. The Morgan fingerprint density at radius 2 is 1.38 bits per heavy atom. The van der Waals surface area contributed by atoms with Gasteiger partial charge in [-0.1, -0.05) is 85.8 Å². The lowest BCUT2D eigenvalue weighted by Crippen LogP contribution is -2.78. The van der Waals surface area contributed by atoms with Crippen molar-refractivity contribution in [3.63, 3.8) is 0 Å². The zero-order valence-electron chi connectivity index (χ0n) is 29.5. The maximum absolute atomic E-state index is 13.9. The molecule has 2 aliphatic heterocycles. The first-order chi connectivity index (χ1) is 25.0. The summed E-state index contributed by atoms with van der Waals surface area (Å²) in [5.41, 5.74) is -4.32. The lowest BCUT2D eigenvalue weighted by molar-refractivity contribution is -0.375. The van der Waals surface area contributed by atoms with Crippen LogP contribution in [0, 0.1) is 5.92 Å². The highest BCUT2D eigenvalue weighted by atomic mass is 16.8. The van der Waals surface area contributed by atoms with Crippen LogP contribution >= 0.6 is 0 Å². The fourth-order valence-corrected chi connectivity index (χ4v) is 7.06. The maximum atomic E-state index is 13.9. The van der Waals surface area contributed by atoms with Gasteiger partial charge in [-0.05, 0) is 48.4 Å². The second-order valence-corrected chi connectivity index (χ2v) is 13.0. The number of hydrogen-bond donors (Lipinski definition) is 2. The highest BCUT2D eigenvalue weighted by molar-refractivity contribution is 6.00. The minimum absolute atomic E-state index is 0.00581. The predicted octanol–water partition coefficient (Wildman–Crippen LogP) is 3.32. The Hall–Kier alpha value is -4.66. The molecule has 8 atom stereocenters. The van der Waals surface area contributed by atoms with Crippen LogP contribution in [-0.2, 0) is 60.6 Å². The molecule has 13 nitrogen and oxygen atoms in total. The Bertz CT molecular complexity index is 1690. The molecule has 2 fully saturated rings. The summed E-state index contributed by atoms with van der Waals surface area (Å²) in [5.74, 6) is -7.64. The van der Waals surface area contributed by atoms with E-state index in [-0.39, 0.29) is 30.4 Å². The topological polar surface area (TPSA) is 173 Å². The zero-order chi connectivity index (χ0) is 37.5. The van der Waals surface area contributed by atoms with Crippen molar-refractivity contribution in [3.8, 4) is 0 Å². The molecule has 5 rings (SSSR count). The van der Waals surface area contributed by atoms with Gasteiger partial charge in [0.15, 0.2) is 6.10 Å². The van der Waals surface area contributed by atoms with Gasteiger partial charge in [-0.25, -0.2) is 19.2 Å². The molecule has 3 aromatic rings. The number of ether oxygens (including phenoxy) is 7. The fourth-order valence-electron chi connectivity index (χ4n) is 7.06. The smallest absolute Gasteiger partial charge is 0.346 e. The van der Waals surface area contributed by atoms with Crippen LogP contribution < -0.4 is 0 Å². The number of aliphatic hydroxyl groups is 2. The Balaban J connectivity index is 1.51. The first-order valence-electron chi connectivity index (χ1n) is 17.0. The minimum Gasteiger partial charge on any atom is -0.467 e. The molecular weight excluding hydrogens is 676 g/mol. The van der Waals surface area contributed by atoms with E-state index in [0.717, 1.165) is 32.5 Å². The summed E-state index contributed by atoms with van der Waals surface area (Å²) in [6.45, 7) is 2.38. The average Bonchev–Trinajstić information content (AvgIpc) is 3.39. The zero-order valence-corrected chi connectivity index (χ0v) is 29.5. The molecule has 3 aromatic carbocycles. The van der Waals surface area contributed by atoms with Crippen LogP contribution in [0.3, 0.4) is 0 Å². The number of methoxy groups -OCH3 is 3. The van der Waals surface area contributed by atoms with Crippen LogP contribution in [0.2, 0.25) is 0 Å². The number of fused-ring (bicyclic) bond motifs is 2. The lowest BCUT2D eigenvalue weighted by Gasteiger charge is -2.49. The van der Waals surface area contributed by atoms with E-state index in [0.29, 0.717) is 19.4 Å². The molecule has 0 saturated carbocycles. The molecule has 0 amide bonds. The third-order valence-corrected chi connectivity index (χ3v) is 9.73. The summed E-state index contributed by atoms with van der Waals surface area (Å²) in [5, 5.41) is 24.2. The van der Waals surface area contributed by atoms with E-state index in [9.17, 15) is 29.4 Å². The van der Waals surface area contributed by atoms with E-state index in [2.05, 4.69) is 6.92 Å². The molecule has 278 valence electrons. The Morgan fingerprint density at radius 1 is 0.808 bits per heavy atom. The standard InChI is InChI=1S/C39H44O13/c1-25(23-26-15-8-5-9-16-26)29(49-24-27-17-10-6-11-18-27)21-14-22-37-30(40)31(50-33(41)28-19-12-7-13-20-28)39(52-37,36(44)48-4)38(45,35(43)47-3)32(51-37)34(42)46-2/h5-13,15-20,25,29-32,40,45H,14,21-24H2,1-4H3/t25-,29-,30-,31-,32?,37?,38?,39?/m1/s1. The van der Waals surface area contributed by atoms with Gasteiger partial charge in [0.2, 0.25) is 17.5 Å². The summed E-state index contributed by atoms with van der Waals surface area (Å²) >= 11 is 0. The molecule has 2 bridgehead atoms. The third-order valence-electron chi connectivity index (χ3n) is 9.73. The number of carbonyl (C=O) groups excluding carboxylic acids is 4. The summed E-state index contributed by atoms with van der Waals surface area (Å²) < 4.78 is 39.1. The highest BCUT2D eigenvalue weighted by Gasteiger charge is 2.86. The van der Waals surface area contributed by atoms with E-state index < -0.39 is 59.2 Å². The molecular formula is C39H44O13. The summed E-state index contributed by atoms with van der Waals surface area (Å²) in [4.78, 5) is 54.1. The molecule has 2 saturated heterocycles. The quantitative estimate of drug-likeness (QED) is 0.173. The van der Waals surface area contributed by atoms with Crippen molar-refractivity contribution >= 4 is 23.9 Å². The first-order valence-corrected chi connectivity index (χ1v) is 17.0. The van der Waals surface area contributed by atoms with Gasteiger partial charge in [0, 0.05) is 6.42 Å². The molecule has 2 heterocycles. The van der Waals surface area contributed by atoms with Crippen LogP contribution in [0.4, 0.5) is 0 Å². The normalized spacial score (nSPS) is 27.5. The van der Waals surface area contributed by atoms with Crippen molar-refractivity contribution in [2.75, 3.05) is 21.3 Å². The van der Waals surface area contributed by atoms with Crippen molar-refractivity contribution in [1.82, 2.24) is 0 Å². The third kappa shape index (κ3) is 7.19. The molecule has 52 heavy (non-hydrogen) atoms. The molecule has 0 radical (unpaired) electrons. The highest BCUT2D eigenvalue weighted by Crippen LogP contribution is 2.56. The van der Waals surface area contributed by atoms with Crippen molar-refractivity contribution in [1.29, 1.82) is 0 Å². The van der Waals surface area contributed by atoms with Crippen molar-refractivity contribution in [3.05, 3.63) is 108 Å². The SMILES string of the molecule is COC(=O)C1OC2(CCC[C@@H](OCc3ccccc3)[C@H](C)Cc3ccccc3)OC(C(=O)OC)([C@H](OC(=O)c3ccccc3)[C@H]2O)C1(O)C(=O)OC. The summed E-state index contributed by atoms with van der Waals surface area (Å²) in [6, 6.07) is 27.2. The van der Waals surface area contributed by atoms with Crippen molar-refractivity contribution < 1.29 is 62.5 Å².